The van der Waals surface area contributed by atoms with Crippen LogP contribution in [0.4, 0.5) is 0 Å². The van der Waals surface area contributed by atoms with E-state index in [9.17, 15) is 4.79 Å². The van der Waals surface area contributed by atoms with Crippen LogP contribution in [0.5, 0.6) is 0 Å². The molecule has 5 aliphatic rings. The van der Waals surface area contributed by atoms with Crippen molar-refractivity contribution in [2.45, 2.75) is 77.2 Å². The Hall–Kier alpha value is -0.910. The first kappa shape index (κ1) is 18.5. The molecular formula is C21H35N3O2. The van der Waals surface area contributed by atoms with Crippen LogP contribution in [-0.4, -0.2) is 37.4 Å². The van der Waals surface area contributed by atoms with Gasteiger partial charge in [0.2, 0.25) is 5.91 Å². The Morgan fingerprint density at radius 3 is 2.58 bits per heavy atom. The molecule has 0 saturated heterocycles. The first-order chi connectivity index (χ1) is 12.5. The van der Waals surface area contributed by atoms with E-state index in [1.165, 1.54) is 31.3 Å². The van der Waals surface area contributed by atoms with Crippen molar-refractivity contribution in [3.8, 4) is 0 Å². The van der Waals surface area contributed by atoms with Gasteiger partial charge in [0, 0.05) is 19.1 Å². The molecule has 0 aliphatic heterocycles. The van der Waals surface area contributed by atoms with Gasteiger partial charge in [-0.3, -0.25) is 10.1 Å². The molecule has 5 aliphatic carbocycles. The third-order valence-electron chi connectivity index (χ3n) is 7.12. The molecule has 0 aromatic carbocycles. The Labute approximate surface area is 157 Å². The van der Waals surface area contributed by atoms with Crippen molar-refractivity contribution < 1.29 is 9.53 Å². The van der Waals surface area contributed by atoms with Crippen LogP contribution in [0.3, 0.4) is 0 Å². The van der Waals surface area contributed by atoms with E-state index in [0.29, 0.717) is 36.4 Å². The zero-order chi connectivity index (χ0) is 18.3. The van der Waals surface area contributed by atoms with E-state index in [0.717, 1.165) is 31.7 Å². The second-order valence-corrected chi connectivity index (χ2v) is 9.40. The third-order valence-corrected chi connectivity index (χ3v) is 7.12. The second kappa shape index (κ2) is 7.25. The lowest BCUT2D eigenvalue weighted by molar-refractivity contribution is -0.185. The van der Waals surface area contributed by atoms with E-state index in [1.54, 1.807) is 0 Å². The lowest BCUT2D eigenvalue weighted by Gasteiger charge is -2.59. The number of hydrogen-bond donors (Lipinski definition) is 3. The highest BCUT2D eigenvalue weighted by atomic mass is 16.5. The Morgan fingerprint density at radius 1 is 1.27 bits per heavy atom. The molecule has 0 aromatic rings. The first-order valence-electron chi connectivity index (χ1n) is 10.5. The molecule has 5 heteroatoms. The van der Waals surface area contributed by atoms with E-state index in [4.69, 9.17) is 10.5 Å². The monoisotopic (exact) mass is 361 g/mol. The van der Waals surface area contributed by atoms with Gasteiger partial charge in [-0.2, -0.15) is 0 Å². The lowest BCUT2D eigenvalue weighted by Crippen LogP contribution is -2.60. The number of carbonyl (C=O) groups is 1. The number of nitrogens with two attached hydrogens (primary N) is 1. The lowest BCUT2D eigenvalue weighted by atomic mass is 9.48. The van der Waals surface area contributed by atoms with Crippen molar-refractivity contribution in [1.29, 1.82) is 0 Å². The van der Waals surface area contributed by atoms with E-state index in [2.05, 4.69) is 30.6 Å². The molecule has 0 heterocycles. The van der Waals surface area contributed by atoms with Crippen LogP contribution < -0.4 is 16.4 Å². The average Bonchev–Trinajstić information content (AvgIpc) is 3.41. The quantitative estimate of drug-likeness (QED) is 0.458. The molecule has 5 fully saturated rings. The van der Waals surface area contributed by atoms with Gasteiger partial charge >= 0.3 is 0 Å². The van der Waals surface area contributed by atoms with Crippen LogP contribution >= 0.6 is 0 Å². The van der Waals surface area contributed by atoms with Crippen molar-refractivity contribution in [3.05, 3.63) is 11.6 Å². The zero-order valence-electron chi connectivity index (χ0n) is 16.3. The summed E-state index contributed by atoms with van der Waals surface area (Å²) in [5, 5.41) is 6.74. The van der Waals surface area contributed by atoms with Crippen molar-refractivity contribution >= 4 is 5.91 Å². The number of hydrogen-bond acceptors (Lipinski definition) is 4. The summed E-state index contributed by atoms with van der Waals surface area (Å²) in [7, 11) is 0. The van der Waals surface area contributed by atoms with Crippen molar-refractivity contribution in [3.63, 3.8) is 0 Å². The highest BCUT2D eigenvalue weighted by Gasteiger charge is 2.59. The minimum absolute atomic E-state index is 0.0376. The summed E-state index contributed by atoms with van der Waals surface area (Å²) < 4.78 is 6.46. The number of ether oxygens (including phenoxy) is 1. The molecule has 5 rings (SSSR count). The summed E-state index contributed by atoms with van der Waals surface area (Å²) >= 11 is 0. The van der Waals surface area contributed by atoms with Crippen LogP contribution in [0, 0.1) is 23.2 Å². The Kier molecular flexibility index (Phi) is 5.15. The smallest absolute Gasteiger partial charge is 0.226 e. The molecule has 3 unspecified atom stereocenters. The summed E-state index contributed by atoms with van der Waals surface area (Å²) in [6, 6.07) is 0.469. The van der Waals surface area contributed by atoms with Crippen LogP contribution in [0.25, 0.3) is 0 Å². The van der Waals surface area contributed by atoms with Gasteiger partial charge in [0.15, 0.2) is 0 Å². The fourth-order valence-corrected chi connectivity index (χ4v) is 5.81. The van der Waals surface area contributed by atoms with Gasteiger partial charge in [0.05, 0.1) is 11.5 Å². The predicted molar refractivity (Wildman–Crippen MR) is 102 cm³/mol. The highest BCUT2D eigenvalue weighted by Crippen LogP contribution is 2.61. The molecule has 4 N–H and O–H groups in total. The summed E-state index contributed by atoms with van der Waals surface area (Å²) in [6.07, 6.45) is 10.5. The average molecular weight is 362 g/mol. The number of nitrogens with one attached hydrogen (secondary N) is 2. The van der Waals surface area contributed by atoms with Crippen molar-refractivity contribution in [1.82, 2.24) is 10.6 Å². The fraction of sp³-hybridized carbons (Fsp3) is 0.857. The van der Waals surface area contributed by atoms with Crippen LogP contribution in [0.15, 0.2) is 11.6 Å². The summed E-state index contributed by atoms with van der Waals surface area (Å²) in [4.78, 5) is 12.9. The molecule has 0 spiro atoms. The molecule has 0 radical (unpaired) electrons. The molecular weight excluding hydrogens is 326 g/mol. The fourth-order valence-electron chi connectivity index (χ4n) is 5.81. The van der Waals surface area contributed by atoms with E-state index >= 15 is 0 Å². The largest absolute Gasteiger partial charge is 0.360 e. The first-order valence-corrected chi connectivity index (χ1v) is 10.5. The summed E-state index contributed by atoms with van der Waals surface area (Å²) in [6.45, 7) is 5.56. The molecule has 4 bridgehead atoms. The maximum atomic E-state index is 12.9. The molecule has 5 saturated carbocycles. The van der Waals surface area contributed by atoms with Crippen LogP contribution in [0.2, 0.25) is 0 Å². The molecule has 3 atom stereocenters. The van der Waals surface area contributed by atoms with Gasteiger partial charge in [0.25, 0.3) is 0 Å². The topological polar surface area (TPSA) is 76.4 Å². The Morgan fingerprint density at radius 2 is 1.96 bits per heavy atom. The molecule has 1 amide bonds. The standard InChI is InChI=1S/C21H35N3O2/c1-13(12-22)5-6-23-14(2)26-19-16-7-15-8-17(19)11-21(9-15,10-16)20(25)24-18-3-4-18/h5,14-19,23H,3-4,6-12,22H2,1-2H3,(H,24,25)/b13-5+. The minimum Gasteiger partial charge on any atom is -0.360 e. The predicted octanol–water partition coefficient (Wildman–Crippen LogP) is 2.32. The number of rotatable bonds is 8. The number of amides is 1. The third kappa shape index (κ3) is 3.71. The van der Waals surface area contributed by atoms with Crippen LogP contribution in [-0.2, 0) is 9.53 Å². The zero-order valence-corrected chi connectivity index (χ0v) is 16.3. The van der Waals surface area contributed by atoms with Gasteiger partial charge in [-0.25, -0.2) is 0 Å². The molecule has 26 heavy (non-hydrogen) atoms. The molecule has 146 valence electrons. The summed E-state index contributed by atoms with van der Waals surface area (Å²) in [5.74, 6) is 2.19. The second-order valence-electron chi connectivity index (χ2n) is 9.40. The maximum absolute atomic E-state index is 12.9. The van der Waals surface area contributed by atoms with Gasteiger partial charge < -0.3 is 15.8 Å². The number of carbonyl (C=O) groups excluding carboxylic acids is 1. The van der Waals surface area contributed by atoms with E-state index < -0.39 is 0 Å². The Bertz CT molecular complexity index is 556. The van der Waals surface area contributed by atoms with Gasteiger partial charge in [-0.05, 0) is 76.5 Å². The van der Waals surface area contributed by atoms with Gasteiger partial charge in [0.1, 0.15) is 6.23 Å². The van der Waals surface area contributed by atoms with Crippen LogP contribution in [0.1, 0.15) is 58.8 Å². The molecule has 0 aromatic heterocycles. The SMILES string of the molecule is C/C(=C\CNC(C)OC1C2CC3CC1CC(C(=O)NC1CC1)(C3)C2)CN. The van der Waals surface area contributed by atoms with Gasteiger partial charge in [-0.15, -0.1) is 0 Å². The van der Waals surface area contributed by atoms with Gasteiger partial charge in [-0.1, -0.05) is 11.6 Å². The molecule has 5 nitrogen and oxygen atoms in total. The van der Waals surface area contributed by atoms with Crippen molar-refractivity contribution in [2.75, 3.05) is 13.1 Å². The minimum atomic E-state index is -0.0867. The Balaban J connectivity index is 1.35. The van der Waals surface area contributed by atoms with E-state index in [-0.39, 0.29) is 11.6 Å². The van der Waals surface area contributed by atoms with E-state index in [1.807, 2.05) is 0 Å². The summed E-state index contributed by atoms with van der Waals surface area (Å²) in [5.41, 5.74) is 6.74. The maximum Gasteiger partial charge on any atom is 0.226 e. The normalized spacial score (nSPS) is 39.9. The van der Waals surface area contributed by atoms with Crippen molar-refractivity contribution in [2.24, 2.45) is 28.9 Å². The highest BCUT2D eigenvalue weighted by molar-refractivity contribution is 5.83.